The first-order valence-electron chi connectivity index (χ1n) is 8.33. The quantitative estimate of drug-likeness (QED) is 0.0968. The van der Waals surface area contributed by atoms with E-state index in [9.17, 15) is 18.1 Å². The zero-order chi connectivity index (χ0) is 23.3. The number of phenolic OH excluding ortho intramolecular Hbond substituents is 1. The molecule has 3 aromatic carbocycles. The summed E-state index contributed by atoms with van der Waals surface area (Å²) in [4.78, 5) is -0.157. The Kier molecular flexibility index (Phi) is 8.01. The lowest BCUT2D eigenvalue weighted by molar-refractivity contribution is -0.432. The van der Waals surface area contributed by atoms with Gasteiger partial charge in [0.15, 0.2) is 5.75 Å². The number of aromatic hydroxyl groups is 1. The highest BCUT2D eigenvalue weighted by atomic mass is 32.2. The number of aryl methyl sites for hydroxylation is 1. The Hall–Kier alpha value is -2.31. The zero-order valence-corrected chi connectivity index (χ0v) is 18.3. The molecule has 0 bridgehead atoms. The molecule has 0 heterocycles. The molecule has 4 N–H and O–H groups in total. The molecule has 15 heteroatoms. The summed E-state index contributed by atoms with van der Waals surface area (Å²) in [7, 11) is -4.68. The van der Waals surface area contributed by atoms with Gasteiger partial charge in [-0.05, 0) is 36.6 Å². The molecule has 0 radical (unpaired) electrons. The summed E-state index contributed by atoms with van der Waals surface area (Å²) in [6.07, 6.45) is 0. The van der Waals surface area contributed by atoms with Crippen LogP contribution in [0.15, 0.2) is 67.4 Å². The Morgan fingerprint density at radius 2 is 1.66 bits per heavy atom. The highest BCUT2D eigenvalue weighted by Gasteiger charge is 2.19. The van der Waals surface area contributed by atoms with E-state index in [0.29, 0.717) is 34.9 Å². The normalized spacial score (nSPS) is 12.1. The summed E-state index contributed by atoms with van der Waals surface area (Å²) in [5.74, 6) is -0.300. The highest BCUT2D eigenvalue weighted by Crippen LogP contribution is 2.44. The van der Waals surface area contributed by atoms with Crippen molar-refractivity contribution in [2.24, 2.45) is 10.2 Å². The summed E-state index contributed by atoms with van der Waals surface area (Å²) >= 11 is 1.05. The summed E-state index contributed by atoms with van der Waals surface area (Å²) < 4.78 is 41.6. The second kappa shape index (κ2) is 10.5. The summed E-state index contributed by atoms with van der Waals surface area (Å²) in [5, 5.41) is 43.4. The summed E-state index contributed by atoms with van der Waals surface area (Å²) in [5.41, 5.74) is 0.484. The van der Waals surface area contributed by atoms with Crippen LogP contribution < -0.4 is 0 Å². The van der Waals surface area contributed by atoms with Gasteiger partial charge in [-0.3, -0.25) is 4.55 Å². The van der Waals surface area contributed by atoms with Gasteiger partial charge >= 0.3 is 0 Å². The SMILES string of the molecule is Cc1ccc2c(O)c(N=Nc3cc(SOOO)ccc3S(=O)(=O)O)c(SOOO)cc2c1. The van der Waals surface area contributed by atoms with Crippen LogP contribution in [0.3, 0.4) is 0 Å². The topological polar surface area (TPSA) is 177 Å². The number of benzene rings is 3. The van der Waals surface area contributed by atoms with Crippen molar-refractivity contribution < 1.29 is 47.3 Å². The second-order valence-corrected chi connectivity index (χ2v) is 8.96. The molecule has 0 amide bonds. The maximum Gasteiger partial charge on any atom is 0.296 e. The molecule has 0 aromatic heterocycles. The maximum atomic E-state index is 11.7. The molecule has 0 spiro atoms. The van der Waals surface area contributed by atoms with Gasteiger partial charge in [-0.15, -0.1) is 18.9 Å². The molecule has 0 aliphatic rings. The second-order valence-electron chi connectivity index (χ2n) is 6.05. The van der Waals surface area contributed by atoms with Crippen LogP contribution in [-0.2, 0) is 28.9 Å². The average Bonchev–Trinajstić information content (AvgIpc) is 2.74. The third-order valence-electron chi connectivity index (χ3n) is 3.99. The molecule has 0 atom stereocenters. The van der Waals surface area contributed by atoms with Crippen LogP contribution in [0.2, 0.25) is 0 Å². The first-order chi connectivity index (χ1) is 15.2. The predicted octanol–water partition coefficient (Wildman–Crippen LogP) is 5.37. The standard InChI is InChI=1S/C17H14N2O10S3/c1-9-2-4-12-10(6-9)7-14(31-29-27-22)16(17(12)20)19-18-13-8-11(30-28-26-21)3-5-15(13)32(23,24)25/h2-8,20-22H,1H3,(H,23,24,25). The lowest BCUT2D eigenvalue weighted by atomic mass is 10.1. The minimum atomic E-state index is -4.68. The van der Waals surface area contributed by atoms with E-state index < -0.39 is 15.0 Å². The van der Waals surface area contributed by atoms with Crippen LogP contribution in [0.25, 0.3) is 10.8 Å². The molecule has 0 aliphatic heterocycles. The molecule has 0 unspecified atom stereocenters. The number of nitrogens with zero attached hydrogens (tertiary/aromatic N) is 2. The van der Waals surface area contributed by atoms with Gasteiger partial charge in [0.25, 0.3) is 10.1 Å². The number of rotatable bonds is 9. The number of phenols is 1. The van der Waals surface area contributed by atoms with Gasteiger partial charge < -0.3 is 5.11 Å². The van der Waals surface area contributed by atoms with E-state index in [1.807, 2.05) is 6.92 Å². The van der Waals surface area contributed by atoms with E-state index in [1.54, 1.807) is 24.3 Å². The van der Waals surface area contributed by atoms with Crippen molar-refractivity contribution in [3.05, 3.63) is 48.0 Å². The van der Waals surface area contributed by atoms with Gasteiger partial charge in [0, 0.05) is 10.3 Å². The third-order valence-corrected chi connectivity index (χ3v) is 6.08. The van der Waals surface area contributed by atoms with E-state index in [1.165, 1.54) is 12.1 Å². The average molecular weight is 503 g/mol. The van der Waals surface area contributed by atoms with Gasteiger partial charge in [-0.2, -0.15) is 8.42 Å². The van der Waals surface area contributed by atoms with Crippen molar-refractivity contribution in [1.29, 1.82) is 0 Å². The Balaban J connectivity index is 2.14. The van der Waals surface area contributed by atoms with Crippen molar-refractivity contribution >= 4 is 56.4 Å². The van der Waals surface area contributed by atoms with Crippen LogP contribution in [-0.4, -0.2) is 28.6 Å². The molecule has 3 rings (SSSR count). The molecule has 0 saturated carbocycles. The molecule has 32 heavy (non-hydrogen) atoms. The van der Waals surface area contributed by atoms with E-state index in [4.69, 9.17) is 10.5 Å². The van der Waals surface area contributed by atoms with E-state index in [0.717, 1.165) is 11.6 Å². The van der Waals surface area contributed by atoms with Gasteiger partial charge in [0.2, 0.25) is 0 Å². The number of azo groups is 1. The molecule has 0 fully saturated rings. The Labute approximate surface area is 189 Å². The predicted molar refractivity (Wildman–Crippen MR) is 112 cm³/mol. The Morgan fingerprint density at radius 1 is 0.938 bits per heavy atom. The van der Waals surface area contributed by atoms with E-state index in [-0.39, 0.29) is 26.9 Å². The van der Waals surface area contributed by atoms with Crippen LogP contribution in [0.4, 0.5) is 11.4 Å². The maximum absolute atomic E-state index is 11.7. The Morgan fingerprint density at radius 3 is 2.34 bits per heavy atom. The van der Waals surface area contributed by atoms with Crippen molar-refractivity contribution in [3.63, 3.8) is 0 Å². The highest BCUT2D eigenvalue weighted by molar-refractivity contribution is 7.95. The van der Waals surface area contributed by atoms with Crippen LogP contribution >= 0.6 is 24.1 Å². The first kappa shape index (κ1) is 24.3. The molecule has 0 aliphatic carbocycles. The molecular weight excluding hydrogens is 488 g/mol. The smallest absolute Gasteiger partial charge is 0.296 e. The van der Waals surface area contributed by atoms with Crippen LogP contribution in [0.1, 0.15) is 5.56 Å². The zero-order valence-electron chi connectivity index (χ0n) is 15.9. The molecule has 12 nitrogen and oxygen atoms in total. The van der Waals surface area contributed by atoms with Gasteiger partial charge in [-0.25, -0.2) is 10.5 Å². The van der Waals surface area contributed by atoms with Crippen molar-refractivity contribution in [1.82, 2.24) is 0 Å². The summed E-state index contributed by atoms with van der Waals surface area (Å²) in [6.45, 7) is 1.86. The fraction of sp³-hybridized carbons (Fsp3) is 0.0588. The lowest BCUT2D eigenvalue weighted by Gasteiger charge is -2.10. The lowest BCUT2D eigenvalue weighted by Crippen LogP contribution is -1.98. The monoisotopic (exact) mass is 502 g/mol. The summed E-state index contributed by atoms with van der Waals surface area (Å²) in [6, 6.07) is 10.3. The minimum Gasteiger partial charge on any atom is -0.505 e. The molecular formula is C17H14N2O10S3. The minimum absolute atomic E-state index is 0.127. The Bertz CT molecular complexity index is 1270. The third kappa shape index (κ3) is 5.73. The largest absolute Gasteiger partial charge is 0.505 e. The number of hydrogen-bond acceptors (Lipinski definition) is 13. The van der Waals surface area contributed by atoms with E-state index in [2.05, 4.69) is 29.0 Å². The fourth-order valence-electron chi connectivity index (χ4n) is 2.69. The van der Waals surface area contributed by atoms with Gasteiger partial charge in [0.05, 0.1) is 29.0 Å². The van der Waals surface area contributed by atoms with Crippen LogP contribution in [0, 0.1) is 6.92 Å². The van der Waals surface area contributed by atoms with Crippen molar-refractivity contribution in [2.45, 2.75) is 21.6 Å². The van der Waals surface area contributed by atoms with Gasteiger partial charge in [-0.1, -0.05) is 33.8 Å². The molecule has 3 aromatic rings. The van der Waals surface area contributed by atoms with Crippen molar-refractivity contribution in [3.8, 4) is 5.75 Å². The molecule has 0 saturated heterocycles. The number of fused-ring (bicyclic) bond motifs is 1. The first-order valence-corrected chi connectivity index (χ1v) is 11.3. The van der Waals surface area contributed by atoms with Crippen LogP contribution in [0.5, 0.6) is 5.75 Å². The van der Waals surface area contributed by atoms with Crippen molar-refractivity contribution in [2.75, 3.05) is 0 Å². The van der Waals surface area contributed by atoms with Gasteiger partial charge in [0.1, 0.15) is 16.3 Å². The van der Waals surface area contributed by atoms with E-state index >= 15 is 0 Å². The fourth-order valence-corrected chi connectivity index (χ4v) is 4.18. The molecule has 170 valence electrons. The number of hydrogen-bond donors (Lipinski definition) is 4.